The first-order chi connectivity index (χ1) is 11.5. The normalized spacial score (nSPS) is 16.2. The fraction of sp³-hybridized carbons (Fsp3) is 0.400. The molecule has 1 aromatic heterocycles. The average molecular weight is 351 g/mol. The summed E-state index contributed by atoms with van der Waals surface area (Å²) in [5.74, 6) is -0.314. The molecule has 0 radical (unpaired) electrons. The van der Waals surface area contributed by atoms with E-state index in [-0.39, 0.29) is 18.3 Å². The molecule has 2 aromatic rings. The average Bonchev–Trinajstić information content (AvgIpc) is 3.04. The van der Waals surface area contributed by atoms with Gasteiger partial charge in [-0.15, -0.1) is 10.2 Å². The van der Waals surface area contributed by atoms with Crippen LogP contribution in [0.1, 0.15) is 0 Å². The van der Waals surface area contributed by atoms with Crippen LogP contribution < -0.4 is 4.90 Å². The van der Waals surface area contributed by atoms with Crippen LogP contribution in [0.15, 0.2) is 35.7 Å². The van der Waals surface area contributed by atoms with Gasteiger partial charge >= 0.3 is 0 Å². The molecule has 7 nitrogen and oxygen atoms in total. The Bertz CT molecular complexity index is 741. The van der Waals surface area contributed by atoms with E-state index < -0.39 is 10.8 Å². The first kappa shape index (κ1) is 16.6. The highest BCUT2D eigenvalue weighted by Crippen LogP contribution is 2.17. The quantitative estimate of drug-likeness (QED) is 0.802. The molecular weight excluding hydrogens is 333 g/mol. The lowest BCUT2D eigenvalue weighted by Gasteiger charge is -2.36. The van der Waals surface area contributed by atoms with Gasteiger partial charge in [0.25, 0.3) is 0 Å². The third kappa shape index (κ3) is 3.61. The molecule has 9 heteroatoms. The SMILES string of the molecule is CS(=O)c1nncn1CC(=O)N1CCN(c2ccc(F)cc2)CC1. The Kier molecular flexibility index (Phi) is 4.89. The lowest BCUT2D eigenvalue weighted by molar-refractivity contribution is -0.132. The minimum atomic E-state index is -1.28. The molecular formula is C15H18FN5O2S. The van der Waals surface area contributed by atoms with E-state index in [1.165, 1.54) is 29.3 Å². The van der Waals surface area contributed by atoms with Crippen molar-refractivity contribution in [3.05, 3.63) is 36.4 Å². The predicted molar refractivity (Wildman–Crippen MR) is 87.5 cm³/mol. The van der Waals surface area contributed by atoms with Gasteiger partial charge in [0, 0.05) is 38.1 Å². The van der Waals surface area contributed by atoms with E-state index >= 15 is 0 Å². The summed E-state index contributed by atoms with van der Waals surface area (Å²) in [5, 5.41) is 7.79. The molecule has 0 saturated carbocycles. The number of nitrogens with zero attached hydrogens (tertiary/aromatic N) is 5. The zero-order chi connectivity index (χ0) is 17.1. The minimum absolute atomic E-state index is 0.0553. The van der Waals surface area contributed by atoms with Crippen molar-refractivity contribution in [2.24, 2.45) is 0 Å². The molecule has 1 aromatic carbocycles. The van der Waals surface area contributed by atoms with Crippen molar-refractivity contribution in [3.8, 4) is 0 Å². The largest absolute Gasteiger partial charge is 0.368 e. The highest BCUT2D eigenvalue weighted by atomic mass is 32.2. The van der Waals surface area contributed by atoms with E-state index in [1.807, 2.05) is 0 Å². The summed E-state index contributed by atoms with van der Waals surface area (Å²) in [6.07, 6.45) is 2.93. The first-order valence-corrected chi connectivity index (χ1v) is 9.10. The maximum absolute atomic E-state index is 13.0. The molecule has 2 heterocycles. The second-order valence-electron chi connectivity index (χ2n) is 5.54. The fourth-order valence-electron chi connectivity index (χ4n) is 2.69. The standard InChI is InChI=1S/C15H18FN5O2S/c1-24(23)15-18-17-11-21(15)10-14(22)20-8-6-19(7-9-20)13-4-2-12(16)3-5-13/h2-5,11H,6-10H2,1H3. The maximum Gasteiger partial charge on any atom is 0.242 e. The molecule has 1 unspecified atom stereocenters. The molecule has 0 aliphatic carbocycles. The number of aromatic nitrogens is 3. The molecule has 1 atom stereocenters. The summed E-state index contributed by atoms with van der Waals surface area (Å²) in [4.78, 5) is 16.3. The summed E-state index contributed by atoms with van der Waals surface area (Å²) >= 11 is 0. The molecule has 1 aliphatic heterocycles. The third-order valence-electron chi connectivity index (χ3n) is 3.97. The highest BCUT2D eigenvalue weighted by Gasteiger charge is 2.22. The molecule has 1 amide bonds. The van der Waals surface area contributed by atoms with Crippen molar-refractivity contribution in [3.63, 3.8) is 0 Å². The number of halogens is 1. The number of benzene rings is 1. The number of carbonyl (C=O) groups is 1. The van der Waals surface area contributed by atoms with Crippen LogP contribution in [0.2, 0.25) is 0 Å². The van der Waals surface area contributed by atoms with Gasteiger partial charge in [0.15, 0.2) is 0 Å². The smallest absolute Gasteiger partial charge is 0.242 e. The Hall–Kier alpha value is -2.29. The molecule has 1 fully saturated rings. The van der Waals surface area contributed by atoms with Gasteiger partial charge in [-0.2, -0.15) is 0 Å². The van der Waals surface area contributed by atoms with E-state index in [0.717, 1.165) is 5.69 Å². The van der Waals surface area contributed by atoms with Crippen LogP contribution >= 0.6 is 0 Å². The molecule has 0 spiro atoms. The summed E-state index contributed by atoms with van der Waals surface area (Å²) < 4.78 is 26.0. The van der Waals surface area contributed by atoms with Gasteiger partial charge in [-0.1, -0.05) is 0 Å². The predicted octanol–water partition coefficient (Wildman–Crippen LogP) is 0.503. The van der Waals surface area contributed by atoms with Crippen LogP contribution in [0.25, 0.3) is 0 Å². The monoisotopic (exact) mass is 351 g/mol. The van der Waals surface area contributed by atoms with Crippen molar-refractivity contribution in [1.82, 2.24) is 19.7 Å². The first-order valence-electron chi connectivity index (χ1n) is 7.54. The number of rotatable bonds is 4. The van der Waals surface area contributed by atoms with Gasteiger partial charge in [-0.25, -0.2) is 4.39 Å². The van der Waals surface area contributed by atoms with Gasteiger partial charge in [-0.3, -0.25) is 13.6 Å². The molecule has 0 N–H and O–H groups in total. The second kappa shape index (κ2) is 7.08. The van der Waals surface area contributed by atoms with Crippen LogP contribution in [0.4, 0.5) is 10.1 Å². The highest BCUT2D eigenvalue weighted by molar-refractivity contribution is 7.84. The van der Waals surface area contributed by atoms with Crippen molar-refractivity contribution in [2.75, 3.05) is 37.3 Å². The zero-order valence-electron chi connectivity index (χ0n) is 13.3. The van der Waals surface area contributed by atoms with Crippen LogP contribution in [-0.2, 0) is 22.1 Å². The van der Waals surface area contributed by atoms with Crippen LogP contribution in [0, 0.1) is 5.82 Å². The minimum Gasteiger partial charge on any atom is -0.368 e. The Morgan fingerprint density at radius 2 is 1.88 bits per heavy atom. The van der Waals surface area contributed by atoms with Gasteiger partial charge in [0.05, 0.1) is 10.8 Å². The second-order valence-corrected chi connectivity index (χ2v) is 6.81. The molecule has 1 aliphatic rings. The third-order valence-corrected chi connectivity index (χ3v) is 4.80. The van der Waals surface area contributed by atoms with Gasteiger partial charge in [0.1, 0.15) is 18.7 Å². The summed E-state index contributed by atoms with van der Waals surface area (Å²) in [6.45, 7) is 2.63. The number of hydrogen-bond acceptors (Lipinski definition) is 5. The molecule has 24 heavy (non-hydrogen) atoms. The van der Waals surface area contributed by atoms with Gasteiger partial charge in [0.2, 0.25) is 11.1 Å². The van der Waals surface area contributed by atoms with Crippen LogP contribution in [0.3, 0.4) is 0 Å². The Balaban J connectivity index is 1.58. The lowest BCUT2D eigenvalue weighted by atomic mass is 10.2. The summed E-state index contributed by atoms with van der Waals surface area (Å²) in [5.41, 5.74) is 0.950. The Morgan fingerprint density at radius 3 is 2.50 bits per heavy atom. The number of anilines is 1. The van der Waals surface area contributed by atoms with E-state index in [9.17, 15) is 13.4 Å². The van der Waals surface area contributed by atoms with Crippen LogP contribution in [-0.4, -0.2) is 62.2 Å². The molecule has 128 valence electrons. The number of hydrogen-bond donors (Lipinski definition) is 0. The van der Waals surface area contributed by atoms with E-state index in [2.05, 4.69) is 15.1 Å². The Labute approximate surface area is 141 Å². The van der Waals surface area contributed by atoms with E-state index in [1.54, 1.807) is 17.0 Å². The van der Waals surface area contributed by atoms with Crippen molar-refractivity contribution < 1.29 is 13.4 Å². The van der Waals surface area contributed by atoms with Gasteiger partial charge in [-0.05, 0) is 24.3 Å². The van der Waals surface area contributed by atoms with E-state index in [4.69, 9.17) is 0 Å². The number of piperazine rings is 1. The molecule has 1 saturated heterocycles. The van der Waals surface area contributed by atoms with Crippen molar-refractivity contribution in [1.29, 1.82) is 0 Å². The summed E-state index contributed by atoms with van der Waals surface area (Å²) in [7, 11) is -1.28. The van der Waals surface area contributed by atoms with Crippen LogP contribution in [0.5, 0.6) is 0 Å². The van der Waals surface area contributed by atoms with Gasteiger partial charge < -0.3 is 9.80 Å². The number of carbonyl (C=O) groups excluding carboxylic acids is 1. The molecule has 3 rings (SSSR count). The van der Waals surface area contributed by atoms with Crippen molar-refractivity contribution >= 4 is 22.4 Å². The zero-order valence-corrected chi connectivity index (χ0v) is 14.1. The number of amides is 1. The molecule has 0 bridgehead atoms. The van der Waals surface area contributed by atoms with Crippen molar-refractivity contribution in [2.45, 2.75) is 11.7 Å². The Morgan fingerprint density at radius 1 is 1.21 bits per heavy atom. The van der Waals surface area contributed by atoms with E-state index in [0.29, 0.717) is 31.3 Å². The topological polar surface area (TPSA) is 71.3 Å². The maximum atomic E-state index is 13.0. The fourth-order valence-corrected chi connectivity index (χ4v) is 3.29. The lowest BCUT2D eigenvalue weighted by Crippen LogP contribution is -2.49. The summed E-state index contributed by atoms with van der Waals surface area (Å²) in [6, 6.07) is 6.36.